The van der Waals surface area contributed by atoms with Crippen LogP contribution in [-0.2, 0) is 16.0 Å². The number of hydrogen-bond acceptors (Lipinski definition) is 3. The van der Waals surface area contributed by atoms with E-state index in [1.165, 1.54) is 0 Å². The molecular formula is C15H23N3O2. The number of para-hydroxylation sites is 1. The Balaban J connectivity index is 2.82. The highest BCUT2D eigenvalue weighted by Gasteiger charge is 2.20. The average Bonchev–Trinajstić information content (AvgIpc) is 2.47. The maximum Gasteiger partial charge on any atom is 0.241 e. The number of nitrogens with one attached hydrogen (secondary N) is 2. The van der Waals surface area contributed by atoms with Crippen LogP contribution in [0.2, 0.25) is 0 Å². The summed E-state index contributed by atoms with van der Waals surface area (Å²) in [6.45, 7) is 3.94. The first-order valence-corrected chi connectivity index (χ1v) is 6.84. The fourth-order valence-corrected chi connectivity index (χ4v) is 1.79. The maximum absolute atomic E-state index is 12.1. The van der Waals surface area contributed by atoms with Crippen LogP contribution in [0, 0.1) is 5.92 Å². The summed E-state index contributed by atoms with van der Waals surface area (Å²) in [5.74, 6) is -0.206. The lowest BCUT2D eigenvalue weighted by Gasteiger charge is -2.19. The highest BCUT2D eigenvalue weighted by molar-refractivity contribution is 5.96. The normalized spacial score (nSPS) is 13.4. The van der Waals surface area contributed by atoms with Crippen LogP contribution in [0.5, 0.6) is 0 Å². The Hall–Kier alpha value is -1.88. The summed E-state index contributed by atoms with van der Waals surface area (Å²) in [6, 6.07) is 6.70. The van der Waals surface area contributed by atoms with Gasteiger partial charge in [-0.2, -0.15) is 0 Å². The largest absolute Gasteiger partial charge is 0.359 e. The molecule has 110 valence electrons. The van der Waals surface area contributed by atoms with Crippen molar-refractivity contribution in [1.29, 1.82) is 0 Å². The molecule has 1 aromatic carbocycles. The number of hydrogen-bond donors (Lipinski definition) is 3. The minimum Gasteiger partial charge on any atom is -0.359 e. The fraction of sp³-hybridized carbons (Fsp3) is 0.467. The molecule has 0 heterocycles. The van der Waals surface area contributed by atoms with Crippen molar-refractivity contribution in [2.75, 3.05) is 12.4 Å². The van der Waals surface area contributed by atoms with Gasteiger partial charge < -0.3 is 16.4 Å². The second-order valence-corrected chi connectivity index (χ2v) is 4.91. The van der Waals surface area contributed by atoms with Crippen molar-refractivity contribution >= 4 is 17.5 Å². The molecule has 0 radical (unpaired) electrons. The molecule has 4 N–H and O–H groups in total. The maximum atomic E-state index is 12.1. The Labute approximate surface area is 119 Å². The van der Waals surface area contributed by atoms with E-state index in [-0.39, 0.29) is 24.2 Å². The summed E-state index contributed by atoms with van der Waals surface area (Å²) in [5.41, 5.74) is 7.32. The molecule has 5 heteroatoms. The van der Waals surface area contributed by atoms with Gasteiger partial charge in [0.2, 0.25) is 11.8 Å². The molecule has 2 atom stereocenters. The van der Waals surface area contributed by atoms with E-state index in [9.17, 15) is 9.59 Å². The second-order valence-electron chi connectivity index (χ2n) is 4.91. The lowest BCUT2D eigenvalue weighted by molar-refractivity contribution is -0.120. The lowest BCUT2D eigenvalue weighted by Crippen LogP contribution is -2.40. The molecule has 20 heavy (non-hydrogen) atoms. The number of nitrogens with two attached hydrogens (primary N) is 1. The van der Waals surface area contributed by atoms with Gasteiger partial charge >= 0.3 is 0 Å². The van der Waals surface area contributed by atoms with Crippen LogP contribution in [0.15, 0.2) is 24.3 Å². The highest BCUT2D eigenvalue weighted by Crippen LogP contribution is 2.17. The van der Waals surface area contributed by atoms with Gasteiger partial charge in [0.05, 0.1) is 12.5 Å². The molecule has 0 saturated heterocycles. The van der Waals surface area contributed by atoms with Gasteiger partial charge in [-0.15, -0.1) is 0 Å². The molecule has 0 aliphatic carbocycles. The first kappa shape index (κ1) is 16.2. The molecule has 0 aliphatic heterocycles. The van der Waals surface area contributed by atoms with Crippen molar-refractivity contribution in [2.24, 2.45) is 11.7 Å². The molecule has 0 bridgehead atoms. The summed E-state index contributed by atoms with van der Waals surface area (Å²) in [4.78, 5) is 23.5. The van der Waals surface area contributed by atoms with Crippen molar-refractivity contribution in [3.8, 4) is 0 Å². The number of carbonyl (C=O) groups excluding carboxylic acids is 2. The van der Waals surface area contributed by atoms with E-state index >= 15 is 0 Å². The summed E-state index contributed by atoms with van der Waals surface area (Å²) in [5, 5.41) is 5.38. The zero-order valence-corrected chi connectivity index (χ0v) is 12.3. The van der Waals surface area contributed by atoms with Crippen LogP contribution in [0.3, 0.4) is 0 Å². The zero-order valence-electron chi connectivity index (χ0n) is 12.3. The van der Waals surface area contributed by atoms with Gasteiger partial charge in [0.25, 0.3) is 0 Å². The topological polar surface area (TPSA) is 84.2 Å². The first-order chi connectivity index (χ1) is 9.49. The monoisotopic (exact) mass is 277 g/mol. The van der Waals surface area contributed by atoms with Crippen molar-refractivity contribution in [1.82, 2.24) is 5.32 Å². The van der Waals surface area contributed by atoms with E-state index in [0.29, 0.717) is 5.69 Å². The number of anilines is 1. The predicted molar refractivity (Wildman–Crippen MR) is 80.3 cm³/mol. The van der Waals surface area contributed by atoms with E-state index in [4.69, 9.17) is 5.73 Å². The average molecular weight is 277 g/mol. The number of benzene rings is 1. The van der Waals surface area contributed by atoms with E-state index in [0.717, 1.165) is 12.0 Å². The van der Waals surface area contributed by atoms with Crippen LogP contribution in [-0.4, -0.2) is 24.9 Å². The summed E-state index contributed by atoms with van der Waals surface area (Å²) in [7, 11) is 1.59. The third kappa shape index (κ3) is 4.35. The molecule has 0 spiro atoms. The number of carbonyl (C=O) groups is 2. The van der Waals surface area contributed by atoms with Crippen molar-refractivity contribution in [3.05, 3.63) is 29.8 Å². The minimum atomic E-state index is -0.548. The molecule has 5 nitrogen and oxygen atoms in total. The van der Waals surface area contributed by atoms with Crippen LogP contribution in [0.1, 0.15) is 25.8 Å². The Morgan fingerprint density at radius 3 is 2.55 bits per heavy atom. The standard InChI is InChI=1S/C15H23N3O2/c1-4-10(2)14(16)15(20)18-12-8-6-5-7-11(12)9-13(19)17-3/h5-8,10,14H,4,9,16H2,1-3H3,(H,17,19)(H,18,20)/t10-,14-/m0/s1. The number of amides is 2. The zero-order chi connectivity index (χ0) is 15.1. The van der Waals surface area contributed by atoms with Gasteiger partial charge in [0.1, 0.15) is 0 Å². The van der Waals surface area contributed by atoms with Gasteiger partial charge in [0.15, 0.2) is 0 Å². The minimum absolute atomic E-state index is 0.0991. The smallest absolute Gasteiger partial charge is 0.241 e. The summed E-state index contributed by atoms with van der Waals surface area (Å²) >= 11 is 0. The Morgan fingerprint density at radius 2 is 1.95 bits per heavy atom. The highest BCUT2D eigenvalue weighted by atomic mass is 16.2. The van der Waals surface area contributed by atoms with Crippen molar-refractivity contribution in [3.63, 3.8) is 0 Å². The van der Waals surface area contributed by atoms with Gasteiger partial charge in [0, 0.05) is 12.7 Å². The summed E-state index contributed by atoms with van der Waals surface area (Å²) < 4.78 is 0. The van der Waals surface area contributed by atoms with E-state index in [1.54, 1.807) is 13.1 Å². The van der Waals surface area contributed by atoms with E-state index < -0.39 is 6.04 Å². The number of likely N-dealkylation sites (N-methyl/N-ethyl adjacent to an activating group) is 1. The molecule has 0 aliphatic rings. The quantitative estimate of drug-likeness (QED) is 0.732. The van der Waals surface area contributed by atoms with Crippen LogP contribution in [0.25, 0.3) is 0 Å². The van der Waals surface area contributed by atoms with Gasteiger partial charge in [-0.1, -0.05) is 38.5 Å². The van der Waals surface area contributed by atoms with Crippen molar-refractivity contribution < 1.29 is 9.59 Å². The molecule has 1 aromatic rings. The predicted octanol–water partition coefficient (Wildman–Crippen LogP) is 1.29. The Kier molecular flexibility index (Phi) is 6.18. The Bertz CT molecular complexity index is 474. The van der Waals surface area contributed by atoms with Crippen LogP contribution < -0.4 is 16.4 Å². The molecule has 0 saturated carbocycles. The van der Waals surface area contributed by atoms with Gasteiger partial charge in [-0.25, -0.2) is 0 Å². The SMILES string of the molecule is CC[C@H](C)[C@H](N)C(=O)Nc1ccccc1CC(=O)NC. The Morgan fingerprint density at radius 1 is 1.30 bits per heavy atom. The van der Waals surface area contributed by atoms with Crippen LogP contribution >= 0.6 is 0 Å². The molecule has 0 unspecified atom stereocenters. The third-order valence-corrected chi connectivity index (χ3v) is 3.46. The van der Waals surface area contributed by atoms with Gasteiger partial charge in [-0.3, -0.25) is 9.59 Å². The molecular weight excluding hydrogens is 254 g/mol. The van der Waals surface area contributed by atoms with E-state index in [1.807, 2.05) is 32.0 Å². The fourth-order valence-electron chi connectivity index (χ4n) is 1.79. The van der Waals surface area contributed by atoms with Crippen LogP contribution in [0.4, 0.5) is 5.69 Å². The summed E-state index contributed by atoms with van der Waals surface area (Å²) in [6.07, 6.45) is 1.07. The number of rotatable bonds is 6. The molecule has 0 aromatic heterocycles. The van der Waals surface area contributed by atoms with Crippen molar-refractivity contribution in [2.45, 2.75) is 32.7 Å². The molecule has 1 rings (SSSR count). The molecule has 2 amide bonds. The second kappa shape index (κ2) is 7.65. The first-order valence-electron chi connectivity index (χ1n) is 6.84. The lowest BCUT2D eigenvalue weighted by atomic mass is 9.99. The molecule has 0 fully saturated rings. The van der Waals surface area contributed by atoms with Gasteiger partial charge in [-0.05, 0) is 17.5 Å². The third-order valence-electron chi connectivity index (χ3n) is 3.46. The van der Waals surface area contributed by atoms with E-state index in [2.05, 4.69) is 10.6 Å².